The smallest absolute Gasteiger partial charge is 0.123 e. The van der Waals surface area contributed by atoms with Gasteiger partial charge in [0, 0.05) is 11.1 Å². The van der Waals surface area contributed by atoms with E-state index in [-0.39, 0.29) is 0 Å². The molecule has 0 aliphatic rings. The molecule has 3 heteroatoms. The molecule has 78 valence electrons. The number of benzene rings is 1. The van der Waals surface area contributed by atoms with E-state index in [0.29, 0.717) is 5.02 Å². The van der Waals surface area contributed by atoms with Gasteiger partial charge in [-0.2, -0.15) is 0 Å². The van der Waals surface area contributed by atoms with Crippen LogP contribution in [0.4, 0.5) is 0 Å². The Morgan fingerprint density at radius 3 is 2.36 bits per heavy atom. The van der Waals surface area contributed by atoms with Crippen molar-refractivity contribution in [1.29, 1.82) is 0 Å². The maximum absolute atomic E-state index is 9.83. The Hall–Kier alpha value is -0.730. The topological polar surface area (TPSA) is 29.5 Å². The van der Waals surface area contributed by atoms with Crippen LogP contribution in [0.2, 0.25) is 5.02 Å². The molecule has 0 saturated heterocycles. The fourth-order valence-electron chi connectivity index (χ4n) is 1.36. The molecule has 0 spiro atoms. The molecule has 1 aromatic rings. The Kier molecular flexibility index (Phi) is 3.07. The van der Waals surface area contributed by atoms with Gasteiger partial charge in [-0.3, -0.25) is 0 Å². The van der Waals surface area contributed by atoms with Gasteiger partial charge in [-0.25, -0.2) is 0 Å². The van der Waals surface area contributed by atoms with Gasteiger partial charge in [0.2, 0.25) is 0 Å². The number of halogens is 1. The Morgan fingerprint density at radius 1 is 1.36 bits per heavy atom. The molecule has 0 atom stereocenters. The number of hydrogen-bond donors (Lipinski definition) is 1. The maximum Gasteiger partial charge on any atom is 0.123 e. The monoisotopic (exact) mass is 214 g/mol. The zero-order chi connectivity index (χ0) is 10.9. The molecular weight excluding hydrogens is 200 g/mol. The van der Waals surface area contributed by atoms with Crippen molar-refractivity contribution >= 4 is 11.6 Å². The van der Waals surface area contributed by atoms with Crippen molar-refractivity contribution < 1.29 is 9.84 Å². The Bertz CT molecular complexity index is 340. The molecular formula is C11H15ClO2. The summed E-state index contributed by atoms with van der Waals surface area (Å²) in [5.74, 6) is 0.739. The molecule has 0 saturated carbocycles. The molecule has 1 rings (SSSR count). The van der Waals surface area contributed by atoms with Gasteiger partial charge in [0.15, 0.2) is 0 Å². The van der Waals surface area contributed by atoms with Gasteiger partial charge in [-0.1, -0.05) is 17.7 Å². The number of ether oxygens (including phenoxy) is 1. The minimum Gasteiger partial charge on any atom is -0.496 e. The minimum absolute atomic E-state index is 0.567. The normalized spacial score (nSPS) is 11.6. The summed E-state index contributed by atoms with van der Waals surface area (Å²) in [7, 11) is 1.60. The van der Waals surface area contributed by atoms with Crippen molar-refractivity contribution in [1.82, 2.24) is 0 Å². The fourth-order valence-corrected chi connectivity index (χ4v) is 1.75. The third-order valence-electron chi connectivity index (χ3n) is 2.22. The summed E-state index contributed by atoms with van der Waals surface area (Å²) in [5.41, 5.74) is 0.653. The Labute approximate surface area is 89.5 Å². The zero-order valence-electron chi connectivity index (χ0n) is 8.89. The SMILES string of the molecule is COc1ccc(C(C)(C)O)c(Cl)c1C. The molecule has 0 bridgehead atoms. The number of methoxy groups -OCH3 is 1. The summed E-state index contributed by atoms with van der Waals surface area (Å²) < 4.78 is 5.13. The summed E-state index contributed by atoms with van der Waals surface area (Å²) in [6.07, 6.45) is 0. The fraction of sp³-hybridized carbons (Fsp3) is 0.455. The predicted molar refractivity (Wildman–Crippen MR) is 58.0 cm³/mol. The van der Waals surface area contributed by atoms with Crippen LogP contribution in [0.1, 0.15) is 25.0 Å². The van der Waals surface area contributed by atoms with Crippen LogP contribution in [0.25, 0.3) is 0 Å². The van der Waals surface area contributed by atoms with Crippen LogP contribution in [0, 0.1) is 6.92 Å². The molecule has 0 aliphatic heterocycles. The van der Waals surface area contributed by atoms with Gasteiger partial charge in [0.25, 0.3) is 0 Å². The Morgan fingerprint density at radius 2 is 1.93 bits per heavy atom. The standard InChI is InChI=1S/C11H15ClO2/c1-7-9(14-4)6-5-8(10(7)12)11(2,3)13/h5-6,13H,1-4H3. The van der Waals surface area contributed by atoms with E-state index in [1.165, 1.54) is 0 Å². The van der Waals surface area contributed by atoms with Crippen LogP contribution in [-0.4, -0.2) is 12.2 Å². The summed E-state index contributed by atoms with van der Waals surface area (Å²) in [5, 5.41) is 10.4. The lowest BCUT2D eigenvalue weighted by Crippen LogP contribution is -2.16. The van der Waals surface area contributed by atoms with Crippen LogP contribution in [-0.2, 0) is 5.60 Å². The van der Waals surface area contributed by atoms with Gasteiger partial charge in [0.1, 0.15) is 5.75 Å². The van der Waals surface area contributed by atoms with Crippen LogP contribution in [0.5, 0.6) is 5.75 Å². The predicted octanol–water partition coefficient (Wildman–Crippen LogP) is 2.88. The molecule has 0 heterocycles. The van der Waals surface area contributed by atoms with E-state index in [2.05, 4.69) is 0 Å². The molecule has 0 unspecified atom stereocenters. The second kappa shape index (κ2) is 3.79. The molecule has 2 nitrogen and oxygen atoms in total. The quantitative estimate of drug-likeness (QED) is 0.821. The first-order chi connectivity index (χ1) is 6.38. The largest absolute Gasteiger partial charge is 0.496 e. The molecule has 0 amide bonds. The lowest BCUT2D eigenvalue weighted by Gasteiger charge is -2.21. The van der Waals surface area contributed by atoms with Gasteiger partial charge in [-0.15, -0.1) is 0 Å². The number of hydrogen-bond acceptors (Lipinski definition) is 2. The van der Waals surface area contributed by atoms with Crippen molar-refractivity contribution in [3.63, 3.8) is 0 Å². The number of aliphatic hydroxyl groups is 1. The van der Waals surface area contributed by atoms with E-state index in [9.17, 15) is 5.11 Å². The summed E-state index contributed by atoms with van der Waals surface area (Å²) >= 11 is 6.12. The van der Waals surface area contributed by atoms with Gasteiger partial charge >= 0.3 is 0 Å². The van der Waals surface area contributed by atoms with E-state index in [0.717, 1.165) is 16.9 Å². The van der Waals surface area contributed by atoms with E-state index in [4.69, 9.17) is 16.3 Å². The summed E-state index contributed by atoms with van der Waals surface area (Å²) in [6, 6.07) is 3.60. The summed E-state index contributed by atoms with van der Waals surface area (Å²) in [6.45, 7) is 5.29. The van der Waals surface area contributed by atoms with Crippen molar-refractivity contribution in [3.05, 3.63) is 28.3 Å². The van der Waals surface area contributed by atoms with Crippen LogP contribution in [0.3, 0.4) is 0 Å². The molecule has 1 aromatic carbocycles. The van der Waals surface area contributed by atoms with Crippen LogP contribution in [0.15, 0.2) is 12.1 Å². The third-order valence-corrected chi connectivity index (χ3v) is 2.70. The first-order valence-corrected chi connectivity index (χ1v) is 4.81. The lowest BCUT2D eigenvalue weighted by atomic mass is 9.96. The van der Waals surface area contributed by atoms with Crippen molar-refractivity contribution in [2.24, 2.45) is 0 Å². The van der Waals surface area contributed by atoms with Crippen molar-refractivity contribution in [2.75, 3.05) is 7.11 Å². The average molecular weight is 215 g/mol. The summed E-state index contributed by atoms with van der Waals surface area (Å²) in [4.78, 5) is 0. The van der Waals surface area contributed by atoms with Crippen LogP contribution >= 0.6 is 11.6 Å². The first-order valence-electron chi connectivity index (χ1n) is 4.44. The first kappa shape index (κ1) is 11.3. The van der Waals surface area contributed by atoms with Gasteiger partial charge in [0.05, 0.1) is 17.7 Å². The highest BCUT2D eigenvalue weighted by Crippen LogP contribution is 2.34. The second-order valence-electron chi connectivity index (χ2n) is 3.81. The molecule has 0 radical (unpaired) electrons. The zero-order valence-corrected chi connectivity index (χ0v) is 9.64. The molecule has 0 aromatic heterocycles. The number of rotatable bonds is 2. The van der Waals surface area contributed by atoms with Gasteiger partial charge in [-0.05, 0) is 26.8 Å². The van der Waals surface area contributed by atoms with E-state index in [1.54, 1.807) is 27.0 Å². The van der Waals surface area contributed by atoms with Gasteiger partial charge < -0.3 is 9.84 Å². The van der Waals surface area contributed by atoms with E-state index >= 15 is 0 Å². The highest BCUT2D eigenvalue weighted by molar-refractivity contribution is 6.32. The van der Waals surface area contributed by atoms with E-state index in [1.807, 2.05) is 13.0 Å². The van der Waals surface area contributed by atoms with E-state index < -0.39 is 5.60 Å². The van der Waals surface area contributed by atoms with Crippen molar-refractivity contribution in [3.8, 4) is 5.75 Å². The highest BCUT2D eigenvalue weighted by Gasteiger charge is 2.21. The molecule has 1 N–H and O–H groups in total. The molecule has 14 heavy (non-hydrogen) atoms. The molecule has 0 fully saturated rings. The van der Waals surface area contributed by atoms with Crippen molar-refractivity contribution in [2.45, 2.75) is 26.4 Å². The average Bonchev–Trinajstić information content (AvgIpc) is 2.07. The molecule has 0 aliphatic carbocycles. The Balaban J connectivity index is 3.31. The lowest BCUT2D eigenvalue weighted by molar-refractivity contribution is 0.0786. The van der Waals surface area contributed by atoms with Crippen LogP contribution < -0.4 is 4.74 Å². The maximum atomic E-state index is 9.83. The second-order valence-corrected chi connectivity index (χ2v) is 4.19. The highest BCUT2D eigenvalue weighted by atomic mass is 35.5. The third kappa shape index (κ3) is 2.02. The minimum atomic E-state index is -0.923.